The van der Waals surface area contributed by atoms with Gasteiger partial charge < -0.3 is 10.6 Å². The first kappa shape index (κ1) is 20.6. The maximum absolute atomic E-state index is 12.4. The van der Waals surface area contributed by atoms with E-state index in [0.717, 1.165) is 0 Å². The summed E-state index contributed by atoms with van der Waals surface area (Å²) in [6.07, 6.45) is 0. The van der Waals surface area contributed by atoms with E-state index < -0.39 is 10.0 Å². The Kier molecular flexibility index (Phi) is 6.70. The highest BCUT2D eigenvalue weighted by atomic mass is 32.2. The van der Waals surface area contributed by atoms with Crippen LogP contribution in [0.4, 0.5) is 11.4 Å². The van der Waals surface area contributed by atoms with Gasteiger partial charge in [-0.1, -0.05) is 26.8 Å². The molecule has 0 aliphatic carbocycles. The van der Waals surface area contributed by atoms with Crippen LogP contribution in [0.1, 0.15) is 31.1 Å². The SMILES string of the molecule is CCNS(=O)(=O)c1ccc(NC(=O)c2cccc(NC(=O)C(C)C)c2)cc1. The quantitative estimate of drug-likeness (QED) is 0.677. The van der Waals surface area contributed by atoms with Crippen molar-refractivity contribution in [3.63, 3.8) is 0 Å². The molecule has 0 bridgehead atoms. The predicted octanol–water partition coefficient (Wildman–Crippen LogP) is 2.83. The van der Waals surface area contributed by atoms with Crippen molar-refractivity contribution in [1.82, 2.24) is 4.72 Å². The van der Waals surface area contributed by atoms with Crippen LogP contribution in [0, 0.1) is 5.92 Å². The van der Waals surface area contributed by atoms with E-state index in [4.69, 9.17) is 0 Å². The van der Waals surface area contributed by atoms with Gasteiger partial charge >= 0.3 is 0 Å². The lowest BCUT2D eigenvalue weighted by Gasteiger charge is -2.10. The minimum Gasteiger partial charge on any atom is -0.326 e. The number of carbonyl (C=O) groups excluding carboxylic acids is 2. The summed E-state index contributed by atoms with van der Waals surface area (Å²) in [5.41, 5.74) is 1.38. The molecule has 7 nitrogen and oxygen atoms in total. The maximum Gasteiger partial charge on any atom is 0.255 e. The van der Waals surface area contributed by atoms with E-state index in [-0.39, 0.29) is 22.6 Å². The van der Waals surface area contributed by atoms with Crippen molar-refractivity contribution in [1.29, 1.82) is 0 Å². The van der Waals surface area contributed by atoms with Crippen LogP contribution >= 0.6 is 0 Å². The lowest BCUT2D eigenvalue weighted by molar-refractivity contribution is -0.118. The number of hydrogen-bond acceptors (Lipinski definition) is 4. The average molecular weight is 389 g/mol. The van der Waals surface area contributed by atoms with Crippen molar-refractivity contribution in [2.24, 2.45) is 5.92 Å². The molecule has 3 N–H and O–H groups in total. The molecular weight excluding hydrogens is 366 g/mol. The lowest BCUT2D eigenvalue weighted by Crippen LogP contribution is -2.23. The average Bonchev–Trinajstić information content (AvgIpc) is 2.62. The number of nitrogens with one attached hydrogen (secondary N) is 3. The smallest absolute Gasteiger partial charge is 0.255 e. The summed E-state index contributed by atoms with van der Waals surface area (Å²) < 4.78 is 26.3. The van der Waals surface area contributed by atoms with E-state index >= 15 is 0 Å². The van der Waals surface area contributed by atoms with Crippen LogP contribution in [0.2, 0.25) is 0 Å². The molecule has 2 aromatic rings. The van der Waals surface area contributed by atoms with E-state index in [0.29, 0.717) is 23.5 Å². The number of sulfonamides is 1. The molecule has 0 heterocycles. The van der Waals surface area contributed by atoms with Gasteiger partial charge in [-0.2, -0.15) is 0 Å². The minimum atomic E-state index is -3.53. The zero-order valence-electron chi connectivity index (χ0n) is 15.4. The molecule has 0 spiro atoms. The number of rotatable bonds is 7. The molecule has 0 saturated heterocycles. The number of hydrogen-bond donors (Lipinski definition) is 3. The first-order chi connectivity index (χ1) is 12.7. The highest BCUT2D eigenvalue weighted by Crippen LogP contribution is 2.17. The van der Waals surface area contributed by atoms with E-state index in [9.17, 15) is 18.0 Å². The van der Waals surface area contributed by atoms with Gasteiger partial charge in [0.15, 0.2) is 0 Å². The molecule has 0 aromatic heterocycles. The zero-order chi connectivity index (χ0) is 20.0. The molecule has 2 rings (SSSR count). The fourth-order valence-electron chi connectivity index (χ4n) is 2.22. The Bertz CT molecular complexity index is 922. The van der Waals surface area contributed by atoms with Gasteiger partial charge in [-0.05, 0) is 42.5 Å². The van der Waals surface area contributed by atoms with Gasteiger partial charge in [-0.15, -0.1) is 0 Å². The second-order valence-electron chi connectivity index (χ2n) is 6.20. The van der Waals surface area contributed by atoms with Crippen LogP contribution in [-0.4, -0.2) is 26.8 Å². The largest absolute Gasteiger partial charge is 0.326 e. The predicted molar refractivity (Wildman–Crippen MR) is 105 cm³/mol. The molecule has 144 valence electrons. The number of benzene rings is 2. The summed E-state index contributed by atoms with van der Waals surface area (Å²) in [7, 11) is -3.53. The van der Waals surface area contributed by atoms with Crippen LogP contribution in [0.3, 0.4) is 0 Å². The molecular formula is C19H23N3O4S. The van der Waals surface area contributed by atoms with Crippen molar-refractivity contribution in [3.05, 3.63) is 54.1 Å². The summed E-state index contributed by atoms with van der Waals surface area (Å²) in [6, 6.07) is 12.5. The van der Waals surface area contributed by atoms with Crippen LogP contribution in [-0.2, 0) is 14.8 Å². The Hall–Kier alpha value is -2.71. The Morgan fingerprint density at radius 2 is 1.63 bits per heavy atom. The van der Waals surface area contributed by atoms with Crippen molar-refractivity contribution in [2.45, 2.75) is 25.7 Å². The van der Waals surface area contributed by atoms with Gasteiger partial charge in [0.1, 0.15) is 0 Å². The van der Waals surface area contributed by atoms with Crippen LogP contribution in [0.15, 0.2) is 53.4 Å². The summed E-state index contributed by atoms with van der Waals surface area (Å²) in [6.45, 7) is 5.56. The zero-order valence-corrected chi connectivity index (χ0v) is 16.3. The second kappa shape index (κ2) is 8.79. The van der Waals surface area contributed by atoms with Crippen molar-refractivity contribution in [3.8, 4) is 0 Å². The van der Waals surface area contributed by atoms with E-state index in [2.05, 4.69) is 15.4 Å². The molecule has 0 atom stereocenters. The number of anilines is 2. The highest BCUT2D eigenvalue weighted by molar-refractivity contribution is 7.89. The van der Waals surface area contributed by atoms with Gasteiger partial charge in [-0.3, -0.25) is 9.59 Å². The third-order valence-electron chi connectivity index (χ3n) is 3.67. The van der Waals surface area contributed by atoms with Crippen LogP contribution < -0.4 is 15.4 Å². The maximum atomic E-state index is 12.4. The molecule has 2 aromatic carbocycles. The van der Waals surface area contributed by atoms with Gasteiger partial charge in [0, 0.05) is 29.4 Å². The molecule has 0 unspecified atom stereocenters. The van der Waals surface area contributed by atoms with E-state index in [1.54, 1.807) is 45.0 Å². The third-order valence-corrected chi connectivity index (χ3v) is 5.24. The molecule has 0 saturated carbocycles. The molecule has 0 aliphatic heterocycles. The molecule has 2 amide bonds. The van der Waals surface area contributed by atoms with E-state index in [1.165, 1.54) is 24.3 Å². The lowest BCUT2D eigenvalue weighted by atomic mass is 10.1. The topological polar surface area (TPSA) is 104 Å². The van der Waals surface area contributed by atoms with Crippen LogP contribution in [0.5, 0.6) is 0 Å². The third kappa shape index (κ3) is 5.63. The van der Waals surface area contributed by atoms with Gasteiger partial charge in [0.2, 0.25) is 15.9 Å². The Labute approximate surface area is 159 Å². The van der Waals surface area contributed by atoms with Gasteiger partial charge in [0.25, 0.3) is 5.91 Å². The summed E-state index contributed by atoms with van der Waals surface area (Å²) in [5.74, 6) is -0.664. The molecule has 8 heteroatoms. The van der Waals surface area contributed by atoms with E-state index in [1.807, 2.05) is 0 Å². The summed E-state index contributed by atoms with van der Waals surface area (Å²) in [5, 5.41) is 5.45. The number of carbonyl (C=O) groups is 2. The summed E-state index contributed by atoms with van der Waals surface area (Å²) >= 11 is 0. The standard InChI is InChI=1S/C19H23N3O4S/c1-4-20-27(25,26)17-10-8-15(9-11-17)21-19(24)14-6-5-7-16(12-14)22-18(23)13(2)3/h5-13,20H,4H2,1-3H3,(H,21,24)(H,22,23). The Balaban J connectivity index is 2.10. The molecule has 0 radical (unpaired) electrons. The van der Waals surface area contributed by atoms with Crippen molar-refractivity contribution < 1.29 is 18.0 Å². The monoisotopic (exact) mass is 389 g/mol. The first-order valence-corrected chi connectivity index (χ1v) is 10.0. The fourth-order valence-corrected chi connectivity index (χ4v) is 3.26. The normalized spacial score (nSPS) is 11.3. The minimum absolute atomic E-state index is 0.126. The number of amides is 2. The molecule has 27 heavy (non-hydrogen) atoms. The first-order valence-electron chi connectivity index (χ1n) is 8.55. The second-order valence-corrected chi connectivity index (χ2v) is 7.97. The molecule has 0 fully saturated rings. The van der Waals surface area contributed by atoms with Gasteiger partial charge in [0.05, 0.1) is 4.90 Å². The Morgan fingerprint density at radius 1 is 0.963 bits per heavy atom. The molecule has 0 aliphatic rings. The summed E-state index contributed by atoms with van der Waals surface area (Å²) in [4.78, 5) is 24.3. The van der Waals surface area contributed by atoms with Crippen molar-refractivity contribution in [2.75, 3.05) is 17.2 Å². The highest BCUT2D eigenvalue weighted by Gasteiger charge is 2.13. The van der Waals surface area contributed by atoms with Gasteiger partial charge in [-0.25, -0.2) is 13.1 Å². The van der Waals surface area contributed by atoms with Crippen molar-refractivity contribution >= 4 is 33.2 Å². The Morgan fingerprint density at radius 3 is 2.22 bits per heavy atom. The van der Waals surface area contributed by atoms with Crippen LogP contribution in [0.25, 0.3) is 0 Å². The fraction of sp³-hybridized carbons (Fsp3) is 0.263.